The molecular weight excluding hydrogens is 428 g/mol. The Hall–Kier alpha value is -1.37. The van der Waals surface area contributed by atoms with Crippen molar-refractivity contribution in [3.63, 3.8) is 0 Å². The maximum absolute atomic E-state index is 10.8. The molecule has 6 heteroatoms. The zero-order valence-corrected chi connectivity index (χ0v) is 21.4. The molecule has 1 heterocycles. The summed E-state index contributed by atoms with van der Waals surface area (Å²) >= 11 is 6.47. The molecule has 2 aromatic rings. The van der Waals surface area contributed by atoms with E-state index in [0.717, 1.165) is 22.4 Å². The monoisotopic (exact) mass is 462 g/mol. The van der Waals surface area contributed by atoms with Gasteiger partial charge in [0, 0.05) is 5.02 Å². The molecule has 2 atom stereocenters. The Labute approximate surface area is 192 Å². The van der Waals surface area contributed by atoms with Crippen LogP contribution in [0.1, 0.15) is 57.4 Å². The van der Waals surface area contributed by atoms with Crippen molar-refractivity contribution in [1.82, 2.24) is 0 Å². The smallest absolute Gasteiger partial charge is 0.250 e. The lowest BCUT2D eigenvalue weighted by atomic mass is 9.98. The molecule has 0 bridgehead atoms. The molecule has 4 nitrogen and oxygen atoms in total. The quantitative estimate of drug-likeness (QED) is 0.497. The average Bonchev–Trinajstić information content (AvgIpc) is 3.03. The van der Waals surface area contributed by atoms with Crippen LogP contribution < -0.4 is 4.43 Å². The third kappa shape index (κ3) is 5.91. The summed E-state index contributed by atoms with van der Waals surface area (Å²) in [6.07, 6.45) is -0.484. The first kappa shape index (κ1) is 24.3. The molecule has 170 valence electrons. The summed E-state index contributed by atoms with van der Waals surface area (Å²) < 4.78 is 17.8. The maximum Gasteiger partial charge on any atom is 0.250 e. The van der Waals surface area contributed by atoms with E-state index in [1.54, 1.807) is 0 Å². The second-order valence-corrected chi connectivity index (χ2v) is 15.5. The molecule has 1 N–H and O–H groups in total. The van der Waals surface area contributed by atoms with E-state index in [2.05, 4.69) is 46.0 Å². The van der Waals surface area contributed by atoms with Gasteiger partial charge in [0.2, 0.25) is 8.32 Å². The molecular formula is C25H35ClO4Si. The van der Waals surface area contributed by atoms with Gasteiger partial charge in [0.25, 0.3) is 0 Å². The second kappa shape index (κ2) is 8.87. The van der Waals surface area contributed by atoms with Gasteiger partial charge in [-0.05, 0) is 73.3 Å². The lowest BCUT2D eigenvalue weighted by Gasteiger charge is -2.36. The molecule has 0 aromatic heterocycles. The van der Waals surface area contributed by atoms with Gasteiger partial charge in [-0.3, -0.25) is 0 Å². The van der Waals surface area contributed by atoms with Gasteiger partial charge in [0.15, 0.2) is 5.79 Å². The third-order valence-corrected chi connectivity index (χ3v) is 11.0. The summed E-state index contributed by atoms with van der Waals surface area (Å²) in [5.41, 5.74) is 2.88. The van der Waals surface area contributed by atoms with Crippen LogP contribution in [0.25, 0.3) is 0 Å². The lowest BCUT2D eigenvalue weighted by molar-refractivity contribution is -0.151. The van der Waals surface area contributed by atoms with E-state index in [4.69, 9.17) is 25.5 Å². The van der Waals surface area contributed by atoms with Crippen LogP contribution in [0.3, 0.4) is 0 Å². The summed E-state index contributed by atoms with van der Waals surface area (Å²) in [4.78, 5) is 0. The zero-order valence-electron chi connectivity index (χ0n) is 19.7. The number of hydrogen-bond donors (Lipinski definition) is 1. The first-order valence-corrected chi connectivity index (χ1v) is 14.1. The minimum atomic E-state index is -1.86. The number of halogens is 1. The molecule has 0 saturated carbocycles. The highest BCUT2D eigenvalue weighted by atomic mass is 35.5. The van der Waals surface area contributed by atoms with Gasteiger partial charge < -0.3 is 19.0 Å². The van der Waals surface area contributed by atoms with E-state index < -0.39 is 26.3 Å². The van der Waals surface area contributed by atoms with Crippen LogP contribution in [0, 0.1) is 0 Å². The summed E-state index contributed by atoms with van der Waals surface area (Å²) in [5.74, 6) is 0.237. The van der Waals surface area contributed by atoms with Crippen molar-refractivity contribution in [1.29, 1.82) is 0 Å². The van der Waals surface area contributed by atoms with Gasteiger partial charge in [0.05, 0.1) is 6.61 Å². The van der Waals surface area contributed by atoms with Gasteiger partial charge in [-0.15, -0.1) is 0 Å². The topological polar surface area (TPSA) is 47.9 Å². The molecule has 0 aliphatic carbocycles. The molecule has 0 amide bonds. The third-order valence-electron chi connectivity index (χ3n) is 6.29. The Morgan fingerprint density at radius 1 is 1.16 bits per heavy atom. The Balaban J connectivity index is 1.72. The predicted molar refractivity (Wildman–Crippen MR) is 128 cm³/mol. The second-order valence-electron chi connectivity index (χ2n) is 10.3. The van der Waals surface area contributed by atoms with Crippen LogP contribution in [-0.2, 0) is 15.9 Å². The van der Waals surface area contributed by atoms with Gasteiger partial charge in [-0.25, -0.2) is 0 Å². The van der Waals surface area contributed by atoms with Crippen molar-refractivity contribution in [2.24, 2.45) is 0 Å². The van der Waals surface area contributed by atoms with Crippen LogP contribution in [0.5, 0.6) is 5.75 Å². The van der Waals surface area contributed by atoms with Gasteiger partial charge in [-0.1, -0.05) is 56.6 Å². The van der Waals surface area contributed by atoms with Crippen molar-refractivity contribution in [2.45, 2.75) is 77.2 Å². The van der Waals surface area contributed by atoms with Crippen LogP contribution in [0.2, 0.25) is 23.2 Å². The molecule has 1 saturated heterocycles. The first-order chi connectivity index (χ1) is 14.3. The largest absolute Gasteiger partial charge is 0.544 e. The van der Waals surface area contributed by atoms with E-state index in [-0.39, 0.29) is 5.04 Å². The van der Waals surface area contributed by atoms with Crippen LogP contribution in [0.15, 0.2) is 42.5 Å². The molecule has 1 aliphatic heterocycles. The highest BCUT2D eigenvalue weighted by Crippen LogP contribution is 2.37. The molecule has 1 fully saturated rings. The number of rotatable bonds is 6. The van der Waals surface area contributed by atoms with Crippen LogP contribution in [0.4, 0.5) is 0 Å². The van der Waals surface area contributed by atoms with Crippen LogP contribution in [-0.4, -0.2) is 31.9 Å². The fraction of sp³-hybridized carbons (Fsp3) is 0.520. The Morgan fingerprint density at radius 2 is 1.81 bits per heavy atom. The van der Waals surface area contributed by atoms with E-state index in [1.165, 1.54) is 0 Å². The number of hydrogen-bond acceptors (Lipinski definition) is 4. The highest BCUT2D eigenvalue weighted by Gasteiger charge is 2.39. The zero-order chi connectivity index (χ0) is 23.0. The number of benzene rings is 2. The fourth-order valence-corrected chi connectivity index (χ4v) is 4.56. The Morgan fingerprint density at radius 3 is 2.35 bits per heavy atom. The number of aliphatic hydroxyl groups is 1. The van der Waals surface area contributed by atoms with E-state index in [0.29, 0.717) is 18.1 Å². The van der Waals surface area contributed by atoms with Gasteiger partial charge in [0.1, 0.15) is 18.0 Å². The molecule has 1 unspecified atom stereocenters. The number of aliphatic hydroxyl groups excluding tert-OH is 1. The Bertz CT molecular complexity index is 903. The Kier molecular flexibility index (Phi) is 6.95. The predicted octanol–water partition coefficient (Wildman–Crippen LogP) is 6.50. The highest BCUT2D eigenvalue weighted by molar-refractivity contribution is 6.74. The standard InChI is InChI=1S/C25H35ClO4Si/c1-24(2,3)31(6,7)30-20-11-8-17(9-12-20)14-19-15-18(10-13-21(19)26)23(27)22-16-28-25(4,5)29-22/h8-13,15,22-23,27H,14,16H2,1-7H3/t22-,23?/m1/s1. The van der Waals surface area contributed by atoms with Gasteiger partial charge in [-0.2, -0.15) is 0 Å². The van der Waals surface area contributed by atoms with Crippen molar-refractivity contribution < 1.29 is 19.0 Å². The fourth-order valence-electron chi connectivity index (χ4n) is 3.34. The van der Waals surface area contributed by atoms with Gasteiger partial charge >= 0.3 is 0 Å². The normalized spacial score (nSPS) is 20.0. The lowest BCUT2D eigenvalue weighted by Crippen LogP contribution is -2.43. The SMILES string of the molecule is CC1(C)OC[C@H](C(O)c2ccc(Cl)c(Cc3ccc(O[Si](C)(C)C(C)(C)C)cc3)c2)O1. The maximum atomic E-state index is 10.8. The van der Waals surface area contributed by atoms with E-state index in [9.17, 15) is 5.11 Å². The number of ether oxygens (including phenoxy) is 2. The molecule has 1 aliphatic rings. The molecule has 0 radical (unpaired) electrons. The van der Waals surface area contributed by atoms with E-state index >= 15 is 0 Å². The summed E-state index contributed by atoms with van der Waals surface area (Å²) in [6.45, 7) is 15.3. The first-order valence-electron chi connectivity index (χ1n) is 10.8. The van der Waals surface area contributed by atoms with Crippen molar-refractivity contribution >= 4 is 19.9 Å². The minimum absolute atomic E-state index is 0.157. The van der Waals surface area contributed by atoms with Crippen LogP contribution >= 0.6 is 11.6 Å². The molecule has 2 aromatic carbocycles. The molecule has 0 spiro atoms. The van der Waals surface area contributed by atoms with E-state index in [1.807, 2.05) is 44.2 Å². The minimum Gasteiger partial charge on any atom is -0.544 e. The molecule has 31 heavy (non-hydrogen) atoms. The summed E-state index contributed by atoms with van der Waals surface area (Å²) in [5, 5.41) is 11.6. The van der Waals surface area contributed by atoms with Crippen molar-refractivity contribution in [2.75, 3.05) is 6.61 Å². The summed E-state index contributed by atoms with van der Waals surface area (Å²) in [6, 6.07) is 13.9. The molecule has 3 rings (SSSR count). The van der Waals surface area contributed by atoms with Crippen molar-refractivity contribution in [3.05, 3.63) is 64.2 Å². The van der Waals surface area contributed by atoms with Crippen molar-refractivity contribution in [3.8, 4) is 5.75 Å². The summed E-state index contributed by atoms with van der Waals surface area (Å²) in [7, 11) is -1.86. The average molecular weight is 463 g/mol.